The van der Waals surface area contributed by atoms with Crippen LogP contribution < -0.4 is 10.6 Å². The third-order valence-electron chi connectivity index (χ3n) is 2.70. The first-order valence-electron chi connectivity index (χ1n) is 4.95. The van der Waals surface area contributed by atoms with Crippen LogP contribution in [-0.4, -0.2) is 17.4 Å². The molecule has 0 aromatic carbocycles. The van der Waals surface area contributed by atoms with Crippen molar-refractivity contribution in [1.82, 2.24) is 4.98 Å². The van der Waals surface area contributed by atoms with Gasteiger partial charge in [0.25, 0.3) is 0 Å². The van der Waals surface area contributed by atoms with E-state index < -0.39 is 0 Å². The zero-order valence-corrected chi connectivity index (χ0v) is 10.3. The van der Waals surface area contributed by atoms with Crippen molar-refractivity contribution in [3.63, 3.8) is 0 Å². The lowest BCUT2D eigenvalue weighted by atomic mass is 10.1. The molecule has 0 radical (unpaired) electrons. The molecule has 4 nitrogen and oxygen atoms in total. The standard InChI is InChI=1S/C11H12BrN3O/c1-2-7-3-10(16)15(6-7)9-5-14-4-8(12)11(9)13/h2,4-5,7H,1,3,6H2,(H2,13,14). The molecule has 1 aliphatic rings. The molecule has 84 valence electrons. The quantitative estimate of drug-likeness (QED) is 0.844. The van der Waals surface area contributed by atoms with E-state index in [0.717, 1.165) is 0 Å². The van der Waals surface area contributed by atoms with E-state index in [0.29, 0.717) is 28.8 Å². The Labute approximate surface area is 102 Å². The van der Waals surface area contributed by atoms with E-state index in [-0.39, 0.29) is 11.8 Å². The van der Waals surface area contributed by atoms with Gasteiger partial charge in [-0.2, -0.15) is 0 Å². The van der Waals surface area contributed by atoms with Gasteiger partial charge in [0.15, 0.2) is 0 Å². The Kier molecular flexibility index (Phi) is 2.96. The van der Waals surface area contributed by atoms with E-state index in [2.05, 4.69) is 27.5 Å². The van der Waals surface area contributed by atoms with Gasteiger partial charge in [-0.3, -0.25) is 9.78 Å². The largest absolute Gasteiger partial charge is 0.396 e. The molecule has 2 N–H and O–H groups in total. The van der Waals surface area contributed by atoms with Gasteiger partial charge in [0, 0.05) is 25.1 Å². The van der Waals surface area contributed by atoms with Crippen LogP contribution in [0.2, 0.25) is 0 Å². The Morgan fingerprint density at radius 1 is 1.62 bits per heavy atom. The van der Waals surface area contributed by atoms with Crippen LogP contribution in [0.5, 0.6) is 0 Å². The molecular weight excluding hydrogens is 270 g/mol. The summed E-state index contributed by atoms with van der Waals surface area (Å²) < 4.78 is 0.708. The summed E-state index contributed by atoms with van der Waals surface area (Å²) >= 11 is 3.30. The number of anilines is 2. The molecular formula is C11H12BrN3O. The van der Waals surface area contributed by atoms with Crippen molar-refractivity contribution in [3.8, 4) is 0 Å². The fourth-order valence-corrected chi connectivity index (χ4v) is 2.10. The molecule has 2 rings (SSSR count). The van der Waals surface area contributed by atoms with Gasteiger partial charge in [-0.1, -0.05) is 6.08 Å². The summed E-state index contributed by atoms with van der Waals surface area (Å²) in [6, 6.07) is 0. The lowest BCUT2D eigenvalue weighted by molar-refractivity contribution is -0.117. The maximum Gasteiger partial charge on any atom is 0.227 e. The zero-order chi connectivity index (χ0) is 11.7. The molecule has 1 atom stereocenters. The Hall–Kier alpha value is -1.36. The number of hydrogen-bond acceptors (Lipinski definition) is 3. The number of rotatable bonds is 2. The maximum absolute atomic E-state index is 11.8. The van der Waals surface area contributed by atoms with Gasteiger partial charge < -0.3 is 10.6 Å². The Morgan fingerprint density at radius 3 is 3.00 bits per heavy atom. The second-order valence-electron chi connectivity index (χ2n) is 3.76. The van der Waals surface area contributed by atoms with Crippen LogP contribution in [0.4, 0.5) is 11.4 Å². The van der Waals surface area contributed by atoms with Gasteiger partial charge in [0.1, 0.15) is 0 Å². The summed E-state index contributed by atoms with van der Waals surface area (Å²) in [5, 5.41) is 0. The number of hydrogen-bond donors (Lipinski definition) is 1. The molecule has 5 heteroatoms. The minimum atomic E-state index is 0.0662. The van der Waals surface area contributed by atoms with Crippen LogP contribution in [0.15, 0.2) is 29.5 Å². The van der Waals surface area contributed by atoms with Gasteiger partial charge in [0.05, 0.1) is 22.0 Å². The highest BCUT2D eigenvalue weighted by Crippen LogP contribution is 2.33. The number of amides is 1. The van der Waals surface area contributed by atoms with Crippen molar-refractivity contribution >= 4 is 33.2 Å². The van der Waals surface area contributed by atoms with Crippen LogP contribution in [0.1, 0.15) is 6.42 Å². The molecule has 0 aliphatic carbocycles. The lowest BCUT2D eigenvalue weighted by Gasteiger charge is -2.18. The smallest absolute Gasteiger partial charge is 0.227 e. The first kappa shape index (κ1) is 11.1. The Balaban J connectivity index is 2.35. The number of pyridine rings is 1. The number of nitrogens with two attached hydrogens (primary N) is 1. The van der Waals surface area contributed by atoms with Crippen molar-refractivity contribution in [1.29, 1.82) is 0 Å². The molecule has 16 heavy (non-hydrogen) atoms. The number of carbonyl (C=O) groups excluding carboxylic acids is 1. The van der Waals surface area contributed by atoms with Crippen molar-refractivity contribution in [2.45, 2.75) is 6.42 Å². The topological polar surface area (TPSA) is 59.2 Å². The van der Waals surface area contributed by atoms with E-state index in [1.807, 2.05) is 0 Å². The number of carbonyl (C=O) groups is 1. The third kappa shape index (κ3) is 1.82. The van der Waals surface area contributed by atoms with Gasteiger partial charge in [-0.25, -0.2) is 0 Å². The molecule has 0 spiro atoms. The number of nitrogen functional groups attached to an aromatic ring is 1. The van der Waals surface area contributed by atoms with E-state index in [9.17, 15) is 4.79 Å². The molecule has 1 fully saturated rings. The second-order valence-corrected chi connectivity index (χ2v) is 4.61. The van der Waals surface area contributed by atoms with Gasteiger partial charge in [-0.05, 0) is 15.9 Å². The predicted molar refractivity (Wildman–Crippen MR) is 67.0 cm³/mol. The van der Waals surface area contributed by atoms with Crippen LogP contribution >= 0.6 is 15.9 Å². The lowest BCUT2D eigenvalue weighted by Crippen LogP contribution is -2.25. The minimum Gasteiger partial charge on any atom is -0.396 e. The van der Waals surface area contributed by atoms with Crippen molar-refractivity contribution in [3.05, 3.63) is 29.5 Å². The summed E-state index contributed by atoms with van der Waals surface area (Å²) in [5.41, 5.74) is 7.12. The molecule has 1 aromatic heterocycles. The molecule has 1 aromatic rings. The first-order valence-corrected chi connectivity index (χ1v) is 5.74. The second kappa shape index (κ2) is 4.25. The fraction of sp³-hybridized carbons (Fsp3) is 0.273. The van der Waals surface area contributed by atoms with Crippen molar-refractivity contribution in [2.75, 3.05) is 17.2 Å². The molecule has 1 amide bonds. The van der Waals surface area contributed by atoms with E-state index in [1.165, 1.54) is 0 Å². The summed E-state index contributed by atoms with van der Waals surface area (Å²) in [5.74, 6) is 0.266. The van der Waals surface area contributed by atoms with Crippen LogP contribution in [0, 0.1) is 5.92 Å². The highest BCUT2D eigenvalue weighted by atomic mass is 79.9. The normalized spacial score (nSPS) is 20.2. The minimum absolute atomic E-state index is 0.0662. The molecule has 0 saturated carbocycles. The SMILES string of the molecule is C=CC1CC(=O)N(c2cncc(Br)c2N)C1. The van der Waals surface area contributed by atoms with E-state index >= 15 is 0 Å². The van der Waals surface area contributed by atoms with Crippen molar-refractivity contribution in [2.24, 2.45) is 5.92 Å². The molecule has 1 aliphatic heterocycles. The Bertz CT molecular complexity index is 447. The third-order valence-corrected chi connectivity index (χ3v) is 3.33. The van der Waals surface area contributed by atoms with E-state index in [1.54, 1.807) is 23.4 Å². The average Bonchev–Trinajstić information content (AvgIpc) is 2.64. The van der Waals surface area contributed by atoms with Gasteiger partial charge in [-0.15, -0.1) is 6.58 Å². The van der Waals surface area contributed by atoms with Crippen LogP contribution in [0.3, 0.4) is 0 Å². The van der Waals surface area contributed by atoms with Gasteiger partial charge >= 0.3 is 0 Å². The molecule has 2 heterocycles. The summed E-state index contributed by atoms with van der Waals surface area (Å²) in [6.07, 6.45) is 5.53. The molecule has 1 saturated heterocycles. The predicted octanol–water partition coefficient (Wildman–Crippen LogP) is 1.97. The summed E-state index contributed by atoms with van der Waals surface area (Å²) in [6.45, 7) is 4.34. The maximum atomic E-state index is 11.8. The van der Waals surface area contributed by atoms with Gasteiger partial charge in [0.2, 0.25) is 5.91 Å². The first-order chi connectivity index (χ1) is 7.63. The Morgan fingerprint density at radius 2 is 2.38 bits per heavy atom. The van der Waals surface area contributed by atoms with Crippen LogP contribution in [-0.2, 0) is 4.79 Å². The fourth-order valence-electron chi connectivity index (χ4n) is 1.78. The number of halogens is 1. The summed E-state index contributed by atoms with van der Waals surface area (Å²) in [7, 11) is 0. The highest BCUT2D eigenvalue weighted by molar-refractivity contribution is 9.10. The van der Waals surface area contributed by atoms with Crippen LogP contribution in [0.25, 0.3) is 0 Å². The number of nitrogens with zero attached hydrogens (tertiary/aromatic N) is 2. The average molecular weight is 282 g/mol. The molecule has 0 bridgehead atoms. The monoisotopic (exact) mass is 281 g/mol. The van der Waals surface area contributed by atoms with Crippen molar-refractivity contribution < 1.29 is 4.79 Å². The van der Waals surface area contributed by atoms with E-state index in [4.69, 9.17) is 5.73 Å². The zero-order valence-electron chi connectivity index (χ0n) is 8.69. The molecule has 1 unspecified atom stereocenters. The highest BCUT2D eigenvalue weighted by Gasteiger charge is 2.30. The number of aromatic nitrogens is 1. The summed E-state index contributed by atoms with van der Waals surface area (Å²) in [4.78, 5) is 17.5.